The van der Waals surface area contributed by atoms with Crippen LogP contribution in [0.2, 0.25) is 0 Å². The summed E-state index contributed by atoms with van der Waals surface area (Å²) < 4.78 is 9.56. The molecule has 12 heteroatoms. The van der Waals surface area contributed by atoms with Crippen LogP contribution in [-0.2, 0) is 28.7 Å². The lowest BCUT2D eigenvalue weighted by Crippen LogP contribution is -2.45. The molecule has 2 amide bonds. The minimum absolute atomic E-state index is 0.0119. The first-order valence-corrected chi connectivity index (χ1v) is 13.5. The molecule has 0 spiro atoms. The van der Waals surface area contributed by atoms with Gasteiger partial charge in [-0.15, -0.1) is 0 Å². The molecule has 0 bridgehead atoms. The van der Waals surface area contributed by atoms with Crippen molar-refractivity contribution in [3.8, 4) is 0 Å². The first kappa shape index (κ1) is 32.1. The van der Waals surface area contributed by atoms with E-state index < -0.39 is 47.4 Å². The van der Waals surface area contributed by atoms with Crippen molar-refractivity contribution in [1.29, 1.82) is 0 Å². The van der Waals surface area contributed by atoms with Crippen LogP contribution in [0.15, 0.2) is 36.4 Å². The molecule has 12 nitrogen and oxygen atoms in total. The van der Waals surface area contributed by atoms with Crippen LogP contribution in [0.25, 0.3) is 0 Å². The second kappa shape index (κ2) is 14.0. The molecule has 0 aromatic heterocycles. The van der Waals surface area contributed by atoms with Gasteiger partial charge in [0.2, 0.25) is 11.8 Å². The highest BCUT2D eigenvalue weighted by Gasteiger charge is 2.34. The monoisotopic (exact) mass is 580 g/mol. The Balaban J connectivity index is 1.83. The summed E-state index contributed by atoms with van der Waals surface area (Å²) in [5, 5.41) is 11.0. The topological polar surface area (TPSA) is 169 Å². The van der Waals surface area contributed by atoms with Gasteiger partial charge in [0, 0.05) is 11.1 Å². The molecule has 42 heavy (non-hydrogen) atoms. The van der Waals surface area contributed by atoms with Crippen molar-refractivity contribution in [3.05, 3.63) is 58.7 Å². The molecule has 0 saturated carbocycles. The number of hydrogen-bond donors (Lipinski definition) is 4. The highest BCUT2D eigenvalue weighted by molar-refractivity contribution is 6.32. The Morgan fingerprint density at radius 1 is 0.643 bits per heavy atom. The Bertz CT molecular complexity index is 1300. The van der Waals surface area contributed by atoms with Crippen molar-refractivity contribution in [1.82, 2.24) is 10.6 Å². The number of ketones is 2. The van der Waals surface area contributed by atoms with Crippen LogP contribution >= 0.6 is 0 Å². The molecule has 1 aliphatic rings. The number of esters is 2. The number of carbonyl (C=O) groups is 6. The molecule has 2 aromatic rings. The number of fused-ring (bicyclic) bond motifs is 2. The summed E-state index contributed by atoms with van der Waals surface area (Å²) in [6, 6.07) is 7.64. The fraction of sp³-hybridized carbons (Fsp3) is 0.400. The maximum atomic E-state index is 13.8. The van der Waals surface area contributed by atoms with E-state index in [-0.39, 0.29) is 58.6 Å². The van der Waals surface area contributed by atoms with Crippen molar-refractivity contribution in [2.24, 2.45) is 11.8 Å². The number of rotatable bonds is 12. The third-order valence-electron chi connectivity index (χ3n) is 6.83. The number of carbonyl (C=O) groups excluding carboxylic acids is 6. The van der Waals surface area contributed by atoms with Crippen LogP contribution in [0, 0.1) is 11.8 Å². The standard InChI is InChI=1S/C30H36N4O8/c1-15(2)25(29(39)41-5)31-13-21(35)33-19-11-7-9-17-23(19)28(38)24-18(27(17)37)10-8-12-20(24)34-22(36)14-32-26(16(3)4)30(40)42-6/h7-12,15-16,25-26,31-32H,13-14H2,1-6H3,(H,33,35)(H,34,36)/t25-,26-/m1/s1. The van der Waals surface area contributed by atoms with Gasteiger partial charge in [-0.05, 0) is 24.0 Å². The van der Waals surface area contributed by atoms with Gasteiger partial charge in [0.05, 0.1) is 49.8 Å². The summed E-state index contributed by atoms with van der Waals surface area (Å²) >= 11 is 0. The zero-order valence-electron chi connectivity index (χ0n) is 24.5. The van der Waals surface area contributed by atoms with Gasteiger partial charge >= 0.3 is 11.9 Å². The van der Waals surface area contributed by atoms with Gasteiger partial charge in [0.25, 0.3) is 0 Å². The van der Waals surface area contributed by atoms with E-state index in [4.69, 9.17) is 9.47 Å². The van der Waals surface area contributed by atoms with E-state index in [1.807, 2.05) is 0 Å². The quantitative estimate of drug-likeness (QED) is 0.232. The van der Waals surface area contributed by atoms with Crippen LogP contribution in [0.3, 0.4) is 0 Å². The summed E-state index contributed by atoms with van der Waals surface area (Å²) in [4.78, 5) is 76.9. The molecule has 4 N–H and O–H groups in total. The summed E-state index contributed by atoms with van der Waals surface area (Å²) in [5.41, 5.74) is 0.419. The highest BCUT2D eigenvalue weighted by Crippen LogP contribution is 2.35. The predicted octanol–water partition coefficient (Wildman–Crippen LogP) is 1.91. The average molecular weight is 581 g/mol. The van der Waals surface area contributed by atoms with Gasteiger partial charge in [0.1, 0.15) is 12.1 Å². The molecular weight excluding hydrogens is 544 g/mol. The third kappa shape index (κ3) is 7.07. The minimum atomic E-state index is -0.718. The van der Waals surface area contributed by atoms with E-state index in [0.29, 0.717) is 0 Å². The second-order valence-electron chi connectivity index (χ2n) is 10.5. The number of benzene rings is 2. The van der Waals surface area contributed by atoms with Crippen molar-refractivity contribution in [2.45, 2.75) is 39.8 Å². The smallest absolute Gasteiger partial charge is 0.323 e. The predicted molar refractivity (Wildman–Crippen MR) is 154 cm³/mol. The Morgan fingerprint density at radius 3 is 1.36 bits per heavy atom. The first-order chi connectivity index (χ1) is 19.9. The molecule has 224 valence electrons. The Labute approximate surface area is 243 Å². The lowest BCUT2D eigenvalue weighted by molar-refractivity contribution is -0.145. The average Bonchev–Trinajstić information content (AvgIpc) is 2.95. The van der Waals surface area contributed by atoms with E-state index in [9.17, 15) is 28.8 Å². The fourth-order valence-corrected chi connectivity index (χ4v) is 4.68. The molecule has 2 atom stereocenters. The maximum absolute atomic E-state index is 13.8. The molecule has 0 aliphatic heterocycles. The Morgan fingerprint density at radius 2 is 1.02 bits per heavy atom. The number of anilines is 2. The second-order valence-corrected chi connectivity index (χ2v) is 10.5. The van der Waals surface area contributed by atoms with Gasteiger partial charge in [-0.3, -0.25) is 39.4 Å². The lowest BCUT2D eigenvalue weighted by Gasteiger charge is -2.23. The van der Waals surface area contributed by atoms with Crippen molar-refractivity contribution < 1.29 is 38.2 Å². The molecule has 3 rings (SSSR count). The zero-order chi connectivity index (χ0) is 31.1. The van der Waals surface area contributed by atoms with Crippen molar-refractivity contribution in [3.63, 3.8) is 0 Å². The first-order valence-electron chi connectivity index (χ1n) is 13.5. The maximum Gasteiger partial charge on any atom is 0.323 e. The number of amides is 2. The third-order valence-corrected chi connectivity index (χ3v) is 6.83. The van der Waals surface area contributed by atoms with E-state index in [2.05, 4.69) is 21.3 Å². The van der Waals surface area contributed by atoms with Gasteiger partial charge in [-0.1, -0.05) is 52.0 Å². The summed E-state index contributed by atoms with van der Waals surface area (Å²) in [6.07, 6.45) is 0. The summed E-state index contributed by atoms with van der Waals surface area (Å²) in [5.74, 6) is -3.40. The largest absolute Gasteiger partial charge is 0.468 e. The molecule has 0 unspecified atom stereocenters. The summed E-state index contributed by atoms with van der Waals surface area (Å²) in [6.45, 7) is 6.70. The number of methoxy groups -OCH3 is 2. The molecule has 0 fully saturated rings. The molecule has 0 radical (unpaired) electrons. The van der Waals surface area contributed by atoms with Crippen LogP contribution in [0.4, 0.5) is 11.4 Å². The van der Waals surface area contributed by atoms with Gasteiger partial charge in [-0.25, -0.2) is 0 Å². The van der Waals surface area contributed by atoms with Crippen LogP contribution in [-0.4, -0.2) is 74.7 Å². The molecule has 0 saturated heterocycles. The van der Waals surface area contributed by atoms with Gasteiger partial charge in [0.15, 0.2) is 11.6 Å². The van der Waals surface area contributed by atoms with E-state index in [0.717, 1.165) is 0 Å². The van der Waals surface area contributed by atoms with Crippen molar-refractivity contribution in [2.75, 3.05) is 37.9 Å². The van der Waals surface area contributed by atoms with Crippen molar-refractivity contribution >= 4 is 46.7 Å². The van der Waals surface area contributed by atoms with E-state index in [1.165, 1.54) is 38.5 Å². The highest BCUT2D eigenvalue weighted by atomic mass is 16.5. The van der Waals surface area contributed by atoms with Crippen LogP contribution in [0.1, 0.15) is 59.5 Å². The normalized spacial score (nSPS) is 13.6. The molecule has 2 aromatic carbocycles. The zero-order valence-corrected chi connectivity index (χ0v) is 24.5. The fourth-order valence-electron chi connectivity index (χ4n) is 4.68. The molecule has 0 heterocycles. The Hall–Kier alpha value is -4.42. The number of ether oxygens (including phenoxy) is 2. The van der Waals surface area contributed by atoms with Crippen LogP contribution in [0.5, 0.6) is 0 Å². The SMILES string of the molecule is COC(=O)[C@H](NCC(=O)Nc1cccc2c1C(=O)c1c(NC(=O)CN[C@@H](C(=O)OC)C(C)C)cccc1C2=O)C(C)C. The molecule has 1 aliphatic carbocycles. The lowest BCUT2D eigenvalue weighted by atomic mass is 9.82. The van der Waals surface area contributed by atoms with E-state index >= 15 is 0 Å². The summed E-state index contributed by atoms with van der Waals surface area (Å²) in [7, 11) is 2.52. The van der Waals surface area contributed by atoms with Gasteiger partial charge in [-0.2, -0.15) is 0 Å². The molecular formula is C30H36N4O8. The van der Waals surface area contributed by atoms with E-state index in [1.54, 1.807) is 39.8 Å². The minimum Gasteiger partial charge on any atom is -0.468 e. The Kier molecular flexibility index (Phi) is 10.7. The number of hydrogen-bond acceptors (Lipinski definition) is 10. The number of nitrogens with one attached hydrogen (secondary N) is 4. The van der Waals surface area contributed by atoms with Gasteiger partial charge < -0.3 is 20.1 Å². The van der Waals surface area contributed by atoms with Crippen LogP contribution < -0.4 is 21.3 Å².